The van der Waals surface area contributed by atoms with Crippen LogP contribution in [0.15, 0.2) is 30.6 Å². The Morgan fingerprint density at radius 1 is 1.33 bits per heavy atom. The molecule has 1 saturated heterocycles. The lowest BCUT2D eigenvalue weighted by Crippen LogP contribution is -2.46. The molecule has 0 aliphatic carbocycles. The van der Waals surface area contributed by atoms with Crippen molar-refractivity contribution >= 4 is 17.5 Å². The molecule has 0 N–H and O–H groups in total. The summed E-state index contributed by atoms with van der Waals surface area (Å²) in [6.07, 6.45) is 5.87. The third-order valence-electron chi connectivity index (χ3n) is 4.37. The second-order valence-electron chi connectivity index (χ2n) is 6.03. The Morgan fingerprint density at radius 3 is 2.96 bits per heavy atom. The number of hydrogen-bond donors (Lipinski definition) is 0. The molecule has 0 aromatic carbocycles. The molecule has 1 atom stereocenters. The first-order chi connectivity index (χ1) is 11.7. The molecule has 0 amide bonds. The maximum absolute atomic E-state index is 5.86. The largest absolute Gasteiger partial charge is 0.481 e. The van der Waals surface area contributed by atoms with E-state index < -0.39 is 0 Å². The zero-order chi connectivity index (χ0) is 16.9. The fourth-order valence-electron chi connectivity index (χ4n) is 3.03. The summed E-state index contributed by atoms with van der Waals surface area (Å²) in [6, 6.07) is 6.02. The minimum Gasteiger partial charge on any atom is -0.481 e. The lowest BCUT2D eigenvalue weighted by Gasteiger charge is -2.37. The van der Waals surface area contributed by atoms with Gasteiger partial charge in [-0.05, 0) is 31.0 Å². The van der Waals surface area contributed by atoms with Gasteiger partial charge in [-0.25, -0.2) is 9.97 Å². The number of ether oxygens (including phenoxy) is 1. The van der Waals surface area contributed by atoms with Crippen molar-refractivity contribution in [3.8, 4) is 5.88 Å². The summed E-state index contributed by atoms with van der Waals surface area (Å²) >= 11 is 5.86. The fraction of sp³-hybridized carbons (Fsp3) is 0.471. The van der Waals surface area contributed by atoms with Crippen LogP contribution in [0.2, 0.25) is 5.15 Å². The van der Waals surface area contributed by atoms with Crippen LogP contribution >= 0.6 is 11.6 Å². The van der Waals surface area contributed by atoms with E-state index in [0.717, 1.165) is 32.5 Å². The predicted molar refractivity (Wildman–Crippen MR) is 94.5 cm³/mol. The van der Waals surface area contributed by atoms with Crippen molar-refractivity contribution in [2.45, 2.75) is 25.4 Å². The first kappa shape index (κ1) is 16.9. The molecule has 0 bridgehead atoms. The molecule has 7 heteroatoms. The zero-order valence-electron chi connectivity index (χ0n) is 14.0. The smallest absolute Gasteiger partial charge is 0.228 e. The molecule has 1 aliphatic rings. The number of halogens is 1. The average Bonchev–Trinajstić information content (AvgIpc) is 2.63. The van der Waals surface area contributed by atoms with Gasteiger partial charge in [0.05, 0.1) is 7.11 Å². The molecular formula is C17H22ClN5O. The van der Waals surface area contributed by atoms with Crippen LogP contribution in [0, 0.1) is 0 Å². The summed E-state index contributed by atoms with van der Waals surface area (Å²) in [6.45, 7) is 2.94. The van der Waals surface area contributed by atoms with Gasteiger partial charge in [0.1, 0.15) is 5.15 Å². The average molecular weight is 348 g/mol. The number of pyridine rings is 1. The van der Waals surface area contributed by atoms with Gasteiger partial charge in [0.2, 0.25) is 11.8 Å². The summed E-state index contributed by atoms with van der Waals surface area (Å²) in [5.41, 5.74) is 1.18. The van der Waals surface area contributed by atoms with Gasteiger partial charge in [0.15, 0.2) is 0 Å². The van der Waals surface area contributed by atoms with Crippen molar-refractivity contribution in [2.75, 3.05) is 32.1 Å². The number of anilines is 1. The third-order valence-corrected chi connectivity index (χ3v) is 4.59. The van der Waals surface area contributed by atoms with E-state index in [0.29, 0.717) is 23.0 Å². The Labute approximate surface area is 147 Å². The first-order valence-electron chi connectivity index (χ1n) is 8.08. The second kappa shape index (κ2) is 7.77. The number of methoxy groups -OCH3 is 1. The number of likely N-dealkylation sites (N-methyl/N-ethyl adjacent to an activating group) is 1. The highest BCUT2D eigenvalue weighted by atomic mass is 35.5. The standard InChI is InChI=1S/C17H22ClN5O/c1-22(17-19-8-7-16(21-17)24-2)14-4-3-9-23(12-14)11-13-5-6-15(18)20-10-13/h5-8,10,14H,3-4,9,11-12H2,1-2H3. The van der Waals surface area contributed by atoms with E-state index in [4.69, 9.17) is 16.3 Å². The number of hydrogen-bond acceptors (Lipinski definition) is 6. The van der Waals surface area contributed by atoms with Gasteiger partial charge in [-0.15, -0.1) is 0 Å². The van der Waals surface area contributed by atoms with Crippen molar-refractivity contribution in [2.24, 2.45) is 0 Å². The molecule has 3 heterocycles. The van der Waals surface area contributed by atoms with Gasteiger partial charge in [-0.3, -0.25) is 4.90 Å². The van der Waals surface area contributed by atoms with Gasteiger partial charge in [-0.2, -0.15) is 4.98 Å². The minimum atomic E-state index is 0.381. The molecule has 6 nitrogen and oxygen atoms in total. The van der Waals surface area contributed by atoms with Crippen molar-refractivity contribution < 1.29 is 4.74 Å². The molecule has 2 aromatic rings. The molecule has 128 valence electrons. The van der Waals surface area contributed by atoms with E-state index in [1.165, 1.54) is 5.56 Å². The number of piperidine rings is 1. The van der Waals surface area contributed by atoms with E-state index in [1.54, 1.807) is 19.4 Å². The second-order valence-corrected chi connectivity index (χ2v) is 6.42. The van der Waals surface area contributed by atoms with Gasteiger partial charge >= 0.3 is 0 Å². The molecular weight excluding hydrogens is 326 g/mol. The summed E-state index contributed by atoms with van der Waals surface area (Å²) < 4.78 is 5.20. The Bertz CT molecular complexity index is 666. The highest BCUT2D eigenvalue weighted by Gasteiger charge is 2.25. The third kappa shape index (κ3) is 4.13. The van der Waals surface area contributed by atoms with Crippen LogP contribution < -0.4 is 9.64 Å². The van der Waals surface area contributed by atoms with Gasteiger partial charge in [0, 0.05) is 44.6 Å². The number of rotatable bonds is 5. The van der Waals surface area contributed by atoms with Crippen molar-refractivity contribution in [3.05, 3.63) is 41.3 Å². The topological polar surface area (TPSA) is 54.4 Å². The van der Waals surface area contributed by atoms with Crippen LogP contribution in [0.4, 0.5) is 5.95 Å². The molecule has 1 unspecified atom stereocenters. The molecule has 1 aliphatic heterocycles. The Morgan fingerprint density at radius 2 is 2.21 bits per heavy atom. The van der Waals surface area contributed by atoms with Gasteiger partial charge in [-0.1, -0.05) is 17.7 Å². The van der Waals surface area contributed by atoms with E-state index in [2.05, 4.69) is 24.8 Å². The van der Waals surface area contributed by atoms with Crippen molar-refractivity contribution in [1.82, 2.24) is 19.9 Å². The van der Waals surface area contributed by atoms with Crippen LogP contribution in [0.25, 0.3) is 0 Å². The minimum absolute atomic E-state index is 0.381. The highest BCUT2D eigenvalue weighted by Crippen LogP contribution is 2.21. The molecule has 0 spiro atoms. The van der Waals surface area contributed by atoms with E-state index in [-0.39, 0.29) is 0 Å². The Hall–Kier alpha value is -1.92. The summed E-state index contributed by atoms with van der Waals surface area (Å²) in [7, 11) is 3.67. The maximum Gasteiger partial charge on any atom is 0.228 e. The highest BCUT2D eigenvalue weighted by molar-refractivity contribution is 6.29. The van der Waals surface area contributed by atoms with E-state index in [1.807, 2.05) is 25.4 Å². The quantitative estimate of drug-likeness (QED) is 0.775. The first-order valence-corrected chi connectivity index (χ1v) is 8.46. The lowest BCUT2D eigenvalue weighted by atomic mass is 10.0. The summed E-state index contributed by atoms with van der Waals surface area (Å²) in [5.74, 6) is 1.29. The molecule has 0 saturated carbocycles. The molecule has 0 radical (unpaired) electrons. The molecule has 1 fully saturated rings. The van der Waals surface area contributed by atoms with Crippen LogP contribution in [-0.4, -0.2) is 53.1 Å². The zero-order valence-corrected chi connectivity index (χ0v) is 14.8. The lowest BCUT2D eigenvalue weighted by molar-refractivity contribution is 0.198. The Kier molecular flexibility index (Phi) is 5.48. The monoisotopic (exact) mass is 347 g/mol. The van der Waals surface area contributed by atoms with E-state index in [9.17, 15) is 0 Å². The van der Waals surface area contributed by atoms with Crippen LogP contribution in [-0.2, 0) is 6.54 Å². The Balaban J connectivity index is 1.64. The SMILES string of the molecule is COc1ccnc(N(C)C2CCCN(Cc3ccc(Cl)nc3)C2)n1. The number of nitrogens with zero attached hydrogens (tertiary/aromatic N) is 5. The predicted octanol–water partition coefficient (Wildman–Crippen LogP) is 2.63. The van der Waals surface area contributed by atoms with Crippen molar-refractivity contribution in [1.29, 1.82) is 0 Å². The van der Waals surface area contributed by atoms with Crippen molar-refractivity contribution in [3.63, 3.8) is 0 Å². The van der Waals surface area contributed by atoms with Gasteiger partial charge in [0.25, 0.3) is 0 Å². The van der Waals surface area contributed by atoms with E-state index >= 15 is 0 Å². The normalized spacial score (nSPS) is 18.4. The number of aromatic nitrogens is 3. The molecule has 24 heavy (non-hydrogen) atoms. The van der Waals surface area contributed by atoms with Gasteiger partial charge < -0.3 is 9.64 Å². The maximum atomic E-state index is 5.86. The molecule has 2 aromatic heterocycles. The fourth-order valence-corrected chi connectivity index (χ4v) is 3.14. The summed E-state index contributed by atoms with van der Waals surface area (Å²) in [4.78, 5) is 17.6. The van der Waals surface area contributed by atoms with Crippen LogP contribution in [0.3, 0.4) is 0 Å². The van der Waals surface area contributed by atoms with Crippen LogP contribution in [0.1, 0.15) is 18.4 Å². The molecule has 3 rings (SSSR count). The van der Waals surface area contributed by atoms with Crippen LogP contribution in [0.5, 0.6) is 5.88 Å². The number of likely N-dealkylation sites (tertiary alicyclic amines) is 1. The summed E-state index contributed by atoms with van der Waals surface area (Å²) in [5, 5.41) is 0.533.